The first-order valence-corrected chi connectivity index (χ1v) is 11.7. The number of hydrogen-bond donors (Lipinski definition) is 0. The summed E-state index contributed by atoms with van der Waals surface area (Å²) >= 11 is 0. The number of benzene rings is 3. The molecule has 0 fully saturated rings. The summed E-state index contributed by atoms with van der Waals surface area (Å²) in [7, 11) is 0. The van der Waals surface area contributed by atoms with E-state index in [1.807, 2.05) is 43.3 Å². The molecule has 3 aromatic carbocycles. The van der Waals surface area contributed by atoms with Gasteiger partial charge in [0.2, 0.25) is 0 Å². The standard InChI is InChI=1S/C28H32N2O3/c1-3-4-5-6-7-8-21-32-26-17-11-23(12-18-26)28(31)33-27-19-15-25(16-20-27)30-29-24-13-9-22(2)10-14-24/h9-20H,3-8,21H2,1-2H3. The van der Waals surface area contributed by atoms with Crippen molar-refractivity contribution in [3.8, 4) is 11.5 Å². The Kier molecular flexibility index (Phi) is 9.64. The van der Waals surface area contributed by atoms with Crippen molar-refractivity contribution in [2.75, 3.05) is 6.61 Å². The van der Waals surface area contributed by atoms with Crippen molar-refractivity contribution in [2.24, 2.45) is 10.2 Å². The molecule has 0 radical (unpaired) electrons. The second kappa shape index (κ2) is 13.2. The fourth-order valence-electron chi connectivity index (χ4n) is 3.23. The Bertz CT molecular complexity index is 1010. The summed E-state index contributed by atoms with van der Waals surface area (Å²) in [4.78, 5) is 12.4. The van der Waals surface area contributed by atoms with Crippen molar-refractivity contribution >= 4 is 17.3 Å². The van der Waals surface area contributed by atoms with Crippen molar-refractivity contribution in [1.82, 2.24) is 0 Å². The van der Waals surface area contributed by atoms with Gasteiger partial charge >= 0.3 is 5.97 Å². The van der Waals surface area contributed by atoms with E-state index in [9.17, 15) is 4.79 Å². The van der Waals surface area contributed by atoms with E-state index in [0.717, 1.165) is 17.9 Å². The Balaban J connectivity index is 1.44. The van der Waals surface area contributed by atoms with Gasteiger partial charge in [-0.2, -0.15) is 10.2 Å². The van der Waals surface area contributed by atoms with Crippen LogP contribution >= 0.6 is 0 Å². The molecule has 0 aliphatic carbocycles. The summed E-state index contributed by atoms with van der Waals surface area (Å²) in [5.74, 6) is 0.813. The molecular formula is C28H32N2O3. The van der Waals surface area contributed by atoms with Crippen LogP contribution in [-0.4, -0.2) is 12.6 Å². The molecule has 0 aliphatic heterocycles. The van der Waals surface area contributed by atoms with Gasteiger partial charge < -0.3 is 9.47 Å². The zero-order chi connectivity index (χ0) is 23.3. The van der Waals surface area contributed by atoms with Crippen LogP contribution in [0.3, 0.4) is 0 Å². The summed E-state index contributed by atoms with van der Waals surface area (Å²) < 4.78 is 11.2. The number of aryl methyl sites for hydroxylation is 1. The molecule has 3 rings (SSSR count). The van der Waals surface area contributed by atoms with Crippen LogP contribution in [-0.2, 0) is 0 Å². The highest BCUT2D eigenvalue weighted by Crippen LogP contribution is 2.22. The van der Waals surface area contributed by atoms with Crippen molar-refractivity contribution in [3.05, 3.63) is 83.9 Å². The van der Waals surface area contributed by atoms with Gasteiger partial charge in [0.15, 0.2) is 0 Å². The molecule has 0 spiro atoms. The summed E-state index contributed by atoms with van der Waals surface area (Å²) in [5, 5.41) is 8.43. The highest BCUT2D eigenvalue weighted by Gasteiger charge is 2.09. The average molecular weight is 445 g/mol. The van der Waals surface area contributed by atoms with Crippen LogP contribution in [0.2, 0.25) is 0 Å². The maximum absolute atomic E-state index is 12.4. The first-order valence-electron chi connectivity index (χ1n) is 11.7. The number of azo groups is 1. The number of ether oxygens (including phenoxy) is 2. The average Bonchev–Trinajstić information content (AvgIpc) is 2.84. The SMILES string of the molecule is CCCCCCCCOc1ccc(C(=O)Oc2ccc(N=Nc3ccc(C)cc3)cc2)cc1. The number of esters is 1. The van der Waals surface area contributed by atoms with Crippen LogP contribution in [0.5, 0.6) is 11.5 Å². The van der Waals surface area contributed by atoms with Crippen LogP contribution in [0.4, 0.5) is 11.4 Å². The fourth-order valence-corrected chi connectivity index (χ4v) is 3.23. The highest BCUT2D eigenvalue weighted by molar-refractivity contribution is 5.91. The topological polar surface area (TPSA) is 60.2 Å². The molecule has 0 N–H and O–H groups in total. The lowest BCUT2D eigenvalue weighted by molar-refractivity contribution is 0.0734. The van der Waals surface area contributed by atoms with Crippen LogP contribution in [0, 0.1) is 6.92 Å². The van der Waals surface area contributed by atoms with Gasteiger partial charge in [-0.1, -0.05) is 56.7 Å². The number of unbranched alkanes of at least 4 members (excludes halogenated alkanes) is 5. The lowest BCUT2D eigenvalue weighted by Crippen LogP contribution is -2.08. The maximum atomic E-state index is 12.4. The van der Waals surface area contributed by atoms with Gasteiger partial charge in [0.1, 0.15) is 11.5 Å². The van der Waals surface area contributed by atoms with E-state index in [2.05, 4.69) is 17.2 Å². The number of nitrogens with zero attached hydrogens (tertiary/aromatic N) is 2. The maximum Gasteiger partial charge on any atom is 0.343 e. The molecule has 0 bridgehead atoms. The quantitative estimate of drug-likeness (QED) is 0.122. The van der Waals surface area contributed by atoms with Gasteiger partial charge in [0, 0.05) is 0 Å². The Hall–Kier alpha value is -3.47. The van der Waals surface area contributed by atoms with Crippen LogP contribution in [0.25, 0.3) is 0 Å². The summed E-state index contributed by atoms with van der Waals surface area (Å²) in [6.07, 6.45) is 7.37. The van der Waals surface area contributed by atoms with Crippen LogP contribution in [0.15, 0.2) is 83.0 Å². The van der Waals surface area contributed by atoms with E-state index in [-0.39, 0.29) is 0 Å². The lowest BCUT2D eigenvalue weighted by Gasteiger charge is -2.08. The van der Waals surface area contributed by atoms with Crippen molar-refractivity contribution in [1.29, 1.82) is 0 Å². The van der Waals surface area contributed by atoms with E-state index in [0.29, 0.717) is 23.6 Å². The molecule has 3 aromatic rings. The molecule has 33 heavy (non-hydrogen) atoms. The predicted molar refractivity (Wildman–Crippen MR) is 132 cm³/mol. The van der Waals surface area contributed by atoms with Gasteiger partial charge in [0.25, 0.3) is 0 Å². The molecule has 5 heteroatoms. The second-order valence-electron chi connectivity index (χ2n) is 8.06. The Labute approximate surface area is 196 Å². The minimum atomic E-state index is -0.411. The van der Waals surface area contributed by atoms with Crippen LogP contribution < -0.4 is 9.47 Å². The number of carbonyl (C=O) groups excluding carboxylic acids is 1. The molecule has 0 aliphatic rings. The molecule has 0 saturated heterocycles. The van der Waals surface area contributed by atoms with Gasteiger partial charge in [-0.3, -0.25) is 0 Å². The minimum Gasteiger partial charge on any atom is -0.494 e. The van der Waals surface area contributed by atoms with Crippen LogP contribution in [0.1, 0.15) is 61.4 Å². The predicted octanol–water partition coefficient (Wildman–Crippen LogP) is 8.37. The molecule has 0 heterocycles. The fraction of sp³-hybridized carbons (Fsp3) is 0.321. The third-order valence-electron chi connectivity index (χ3n) is 5.22. The Morgan fingerprint density at radius 3 is 1.88 bits per heavy atom. The molecule has 0 atom stereocenters. The number of carbonyl (C=O) groups is 1. The van der Waals surface area contributed by atoms with E-state index < -0.39 is 5.97 Å². The Morgan fingerprint density at radius 2 is 1.24 bits per heavy atom. The third-order valence-corrected chi connectivity index (χ3v) is 5.22. The smallest absolute Gasteiger partial charge is 0.343 e. The van der Waals surface area contributed by atoms with Crippen molar-refractivity contribution in [2.45, 2.75) is 52.4 Å². The van der Waals surface area contributed by atoms with Gasteiger partial charge in [0.05, 0.1) is 23.5 Å². The van der Waals surface area contributed by atoms with Gasteiger partial charge in [-0.25, -0.2) is 4.79 Å². The van der Waals surface area contributed by atoms with E-state index in [1.54, 1.807) is 36.4 Å². The lowest BCUT2D eigenvalue weighted by atomic mass is 10.1. The van der Waals surface area contributed by atoms with Crippen molar-refractivity contribution in [3.63, 3.8) is 0 Å². The third kappa shape index (κ3) is 8.53. The molecule has 0 saturated carbocycles. The zero-order valence-corrected chi connectivity index (χ0v) is 19.5. The molecule has 0 amide bonds. The largest absolute Gasteiger partial charge is 0.494 e. The summed E-state index contributed by atoms with van der Waals surface area (Å²) in [6, 6.07) is 21.8. The first-order chi connectivity index (χ1) is 16.1. The molecule has 0 aromatic heterocycles. The highest BCUT2D eigenvalue weighted by atomic mass is 16.5. The normalized spacial score (nSPS) is 11.0. The molecule has 5 nitrogen and oxygen atoms in total. The van der Waals surface area contributed by atoms with Crippen molar-refractivity contribution < 1.29 is 14.3 Å². The molecule has 0 unspecified atom stereocenters. The first kappa shape index (κ1) is 24.2. The minimum absolute atomic E-state index is 0.411. The number of rotatable bonds is 12. The zero-order valence-electron chi connectivity index (χ0n) is 19.5. The summed E-state index contributed by atoms with van der Waals surface area (Å²) in [5.41, 5.74) is 3.12. The monoisotopic (exact) mass is 444 g/mol. The van der Waals surface area contributed by atoms with E-state index in [4.69, 9.17) is 9.47 Å². The molecular weight excluding hydrogens is 412 g/mol. The molecule has 172 valence electrons. The van der Waals surface area contributed by atoms with Gasteiger partial charge in [-0.05, 0) is 74.0 Å². The Morgan fingerprint density at radius 1 is 0.697 bits per heavy atom. The second-order valence-corrected chi connectivity index (χ2v) is 8.06. The number of hydrogen-bond acceptors (Lipinski definition) is 5. The summed E-state index contributed by atoms with van der Waals surface area (Å²) in [6.45, 7) is 4.95. The van der Waals surface area contributed by atoms with Gasteiger partial charge in [-0.15, -0.1) is 0 Å². The van der Waals surface area contributed by atoms with E-state index >= 15 is 0 Å². The van der Waals surface area contributed by atoms with E-state index in [1.165, 1.54) is 37.7 Å².